The summed E-state index contributed by atoms with van der Waals surface area (Å²) in [6.45, 7) is 3.95. The van der Waals surface area contributed by atoms with Crippen LogP contribution in [0, 0.1) is 0 Å². The Hall–Kier alpha value is -2.17. The third-order valence-corrected chi connectivity index (χ3v) is 2.85. The maximum atomic E-state index is 10.9. The quantitative estimate of drug-likeness (QED) is 0.912. The summed E-state index contributed by atoms with van der Waals surface area (Å²) in [6, 6.07) is 7.65. The third-order valence-electron chi connectivity index (χ3n) is 2.85. The minimum atomic E-state index is -0.878. The number of fused-ring (bicyclic) bond motifs is 1. The van der Waals surface area contributed by atoms with Gasteiger partial charge in [0.2, 0.25) is 0 Å². The number of rotatable bonds is 4. The number of carboxylic acid groups (broad SMARTS) is 1. The largest absolute Gasteiger partial charge is 0.480 e. The molecule has 0 saturated carbocycles. The van der Waals surface area contributed by atoms with E-state index in [1.807, 2.05) is 38.1 Å². The third kappa shape index (κ3) is 2.81. The molecule has 0 fully saturated rings. The Morgan fingerprint density at radius 2 is 2.00 bits per heavy atom. The second kappa shape index (κ2) is 5.22. The van der Waals surface area contributed by atoms with Gasteiger partial charge < -0.3 is 10.0 Å². The maximum absolute atomic E-state index is 10.9. The van der Waals surface area contributed by atoms with Crippen LogP contribution in [-0.2, 0) is 4.79 Å². The summed E-state index contributed by atoms with van der Waals surface area (Å²) >= 11 is 0. The lowest BCUT2D eigenvalue weighted by Crippen LogP contribution is -2.26. The number of nitrogens with zero attached hydrogens (tertiary/aromatic N) is 3. The molecule has 0 amide bonds. The molecule has 2 rings (SSSR count). The molecule has 0 saturated heterocycles. The molecule has 2 aromatic rings. The fourth-order valence-corrected chi connectivity index (χ4v) is 1.90. The smallest absolute Gasteiger partial charge is 0.323 e. The van der Waals surface area contributed by atoms with Crippen LogP contribution >= 0.6 is 0 Å². The zero-order valence-electron chi connectivity index (χ0n) is 11.3. The molecule has 1 aromatic heterocycles. The molecule has 0 aliphatic heterocycles. The summed E-state index contributed by atoms with van der Waals surface area (Å²) < 4.78 is 0. The van der Waals surface area contributed by atoms with Gasteiger partial charge in [0.15, 0.2) is 0 Å². The van der Waals surface area contributed by atoms with Gasteiger partial charge in [0, 0.05) is 18.4 Å². The predicted molar refractivity (Wildman–Crippen MR) is 74.5 cm³/mol. The minimum absolute atomic E-state index is 0.0848. The van der Waals surface area contributed by atoms with Crippen molar-refractivity contribution >= 4 is 22.7 Å². The number of aromatic nitrogens is 2. The van der Waals surface area contributed by atoms with Crippen molar-refractivity contribution in [2.24, 2.45) is 0 Å². The van der Waals surface area contributed by atoms with Crippen LogP contribution in [0.5, 0.6) is 0 Å². The number of likely N-dealkylation sites (N-methyl/N-ethyl adjacent to an activating group) is 1. The summed E-state index contributed by atoms with van der Waals surface area (Å²) in [7, 11) is 1.73. The van der Waals surface area contributed by atoms with Gasteiger partial charge in [-0.15, -0.1) is 0 Å². The first-order valence-corrected chi connectivity index (χ1v) is 6.18. The van der Waals surface area contributed by atoms with E-state index in [2.05, 4.69) is 9.97 Å². The molecular formula is C14H17N3O2. The molecule has 0 unspecified atom stereocenters. The number of aliphatic carboxylic acids is 1. The summed E-state index contributed by atoms with van der Waals surface area (Å²) in [4.78, 5) is 21.5. The van der Waals surface area contributed by atoms with Crippen molar-refractivity contribution in [3.8, 4) is 0 Å². The van der Waals surface area contributed by atoms with E-state index in [-0.39, 0.29) is 12.5 Å². The van der Waals surface area contributed by atoms with Crippen LogP contribution in [-0.4, -0.2) is 34.6 Å². The second-order valence-corrected chi connectivity index (χ2v) is 4.83. The van der Waals surface area contributed by atoms with E-state index in [4.69, 9.17) is 5.11 Å². The molecule has 5 nitrogen and oxygen atoms in total. The van der Waals surface area contributed by atoms with Gasteiger partial charge in [-0.05, 0) is 12.1 Å². The summed E-state index contributed by atoms with van der Waals surface area (Å²) in [5, 5.41) is 9.78. The van der Waals surface area contributed by atoms with Gasteiger partial charge in [-0.25, -0.2) is 9.97 Å². The van der Waals surface area contributed by atoms with Crippen molar-refractivity contribution in [2.75, 3.05) is 18.5 Å². The van der Waals surface area contributed by atoms with Crippen LogP contribution in [0.4, 0.5) is 5.82 Å². The van der Waals surface area contributed by atoms with E-state index in [1.54, 1.807) is 11.9 Å². The number of carbonyl (C=O) groups is 1. The van der Waals surface area contributed by atoms with Crippen molar-refractivity contribution in [2.45, 2.75) is 19.8 Å². The van der Waals surface area contributed by atoms with Gasteiger partial charge in [0.25, 0.3) is 0 Å². The number of hydrogen-bond donors (Lipinski definition) is 1. The average molecular weight is 259 g/mol. The van der Waals surface area contributed by atoms with Gasteiger partial charge >= 0.3 is 5.97 Å². The van der Waals surface area contributed by atoms with Crippen molar-refractivity contribution < 1.29 is 9.90 Å². The summed E-state index contributed by atoms with van der Waals surface area (Å²) in [5.41, 5.74) is 0.841. The number of hydrogen-bond acceptors (Lipinski definition) is 4. The normalized spacial score (nSPS) is 10.9. The monoisotopic (exact) mass is 259 g/mol. The van der Waals surface area contributed by atoms with Crippen LogP contribution in [0.2, 0.25) is 0 Å². The first-order valence-electron chi connectivity index (χ1n) is 6.18. The highest BCUT2D eigenvalue weighted by atomic mass is 16.4. The fourth-order valence-electron chi connectivity index (χ4n) is 1.90. The van der Waals surface area contributed by atoms with Crippen molar-refractivity contribution in [3.63, 3.8) is 0 Å². The topological polar surface area (TPSA) is 66.3 Å². The highest BCUT2D eigenvalue weighted by Gasteiger charge is 2.14. The first kappa shape index (κ1) is 13.3. The zero-order valence-corrected chi connectivity index (χ0v) is 11.3. The van der Waals surface area contributed by atoms with Crippen molar-refractivity contribution in [3.05, 3.63) is 30.1 Å². The van der Waals surface area contributed by atoms with Crippen molar-refractivity contribution in [1.82, 2.24) is 9.97 Å². The molecule has 0 atom stereocenters. The zero-order chi connectivity index (χ0) is 14.0. The molecule has 1 heterocycles. The Morgan fingerprint density at radius 1 is 1.32 bits per heavy atom. The fraction of sp³-hybridized carbons (Fsp3) is 0.357. The minimum Gasteiger partial charge on any atom is -0.480 e. The lowest BCUT2D eigenvalue weighted by Gasteiger charge is -2.19. The highest BCUT2D eigenvalue weighted by Crippen LogP contribution is 2.25. The molecule has 0 aliphatic carbocycles. The van der Waals surface area contributed by atoms with E-state index < -0.39 is 5.97 Å². The number of benzene rings is 1. The standard InChI is InChI=1S/C14H17N3O2/c1-9(2)13-15-11-7-5-4-6-10(11)14(16-13)17(3)8-12(18)19/h4-7,9H,8H2,1-3H3,(H,18,19). The molecule has 19 heavy (non-hydrogen) atoms. The van der Waals surface area contributed by atoms with E-state index >= 15 is 0 Å². The summed E-state index contributed by atoms with van der Waals surface area (Å²) in [6.07, 6.45) is 0. The maximum Gasteiger partial charge on any atom is 0.323 e. The summed E-state index contributed by atoms with van der Waals surface area (Å²) in [5.74, 6) is 0.709. The Bertz CT molecular complexity index is 611. The van der Waals surface area contributed by atoms with Crippen LogP contribution in [0.3, 0.4) is 0 Å². The molecule has 100 valence electrons. The van der Waals surface area contributed by atoms with E-state index in [9.17, 15) is 4.79 Å². The Kier molecular flexibility index (Phi) is 3.64. The van der Waals surface area contributed by atoms with Crippen LogP contribution in [0.15, 0.2) is 24.3 Å². The van der Waals surface area contributed by atoms with Gasteiger partial charge in [-0.2, -0.15) is 0 Å². The first-order chi connectivity index (χ1) is 8.99. The van der Waals surface area contributed by atoms with E-state index in [1.165, 1.54) is 0 Å². The molecule has 1 N–H and O–H groups in total. The molecule has 5 heteroatoms. The molecule has 1 aromatic carbocycles. The molecular weight excluding hydrogens is 242 g/mol. The lowest BCUT2D eigenvalue weighted by atomic mass is 10.1. The lowest BCUT2D eigenvalue weighted by molar-refractivity contribution is -0.135. The second-order valence-electron chi connectivity index (χ2n) is 4.83. The van der Waals surface area contributed by atoms with Gasteiger partial charge in [0.05, 0.1) is 5.52 Å². The van der Waals surface area contributed by atoms with Crippen LogP contribution in [0.25, 0.3) is 10.9 Å². The van der Waals surface area contributed by atoms with E-state index in [0.29, 0.717) is 5.82 Å². The van der Waals surface area contributed by atoms with E-state index in [0.717, 1.165) is 16.7 Å². The SMILES string of the molecule is CC(C)c1nc(N(C)CC(=O)O)c2ccccc2n1. The highest BCUT2D eigenvalue weighted by molar-refractivity contribution is 5.90. The Balaban J connectivity index is 2.59. The average Bonchev–Trinajstić information content (AvgIpc) is 2.36. The van der Waals surface area contributed by atoms with Gasteiger partial charge in [-0.1, -0.05) is 26.0 Å². The number of anilines is 1. The molecule has 0 aliphatic rings. The molecule has 0 spiro atoms. The van der Waals surface area contributed by atoms with Crippen LogP contribution in [0.1, 0.15) is 25.6 Å². The van der Waals surface area contributed by atoms with Crippen molar-refractivity contribution in [1.29, 1.82) is 0 Å². The Labute approximate surface area is 111 Å². The van der Waals surface area contributed by atoms with Gasteiger partial charge in [0.1, 0.15) is 18.2 Å². The van der Waals surface area contributed by atoms with Crippen LogP contribution < -0.4 is 4.90 Å². The Morgan fingerprint density at radius 3 is 2.63 bits per heavy atom. The molecule has 0 bridgehead atoms. The van der Waals surface area contributed by atoms with Gasteiger partial charge in [-0.3, -0.25) is 4.79 Å². The molecule has 0 radical (unpaired) electrons. The number of para-hydroxylation sites is 1. The predicted octanol–water partition coefficient (Wildman–Crippen LogP) is 2.27. The number of carboxylic acids is 1.